The molecule has 9 nitrogen and oxygen atoms in total. The molecule has 2 aromatic carbocycles. The monoisotopic (exact) mass is 464 g/mol. The van der Waals surface area contributed by atoms with Crippen molar-refractivity contribution >= 4 is 33.6 Å². The molecule has 0 spiro atoms. The molecule has 2 aromatic rings. The maximum atomic E-state index is 12.4. The van der Waals surface area contributed by atoms with Crippen molar-refractivity contribution in [2.45, 2.75) is 12.5 Å². The molecule has 3 rings (SSSR count). The second-order valence-electron chi connectivity index (χ2n) is 5.90. The standard InChI is InChI=1S/C19H17BrN2O7/c20-11-4-6-14(23)13(8-11)15(2-1-3-18(24)22-26)29-19(25)21-12-5-7-16-17(9-12)28-10-27-16/h1,3-9,15,23,26H,2,10H2,(H,21,25)(H,22,24)/b3-1+/t15-/m0/s1. The SMILES string of the molecule is O=C(/C=C/C[C@H](OC(=O)Nc1ccc2c(c1)OCO2)c1cc(Br)ccc1O)NO. The Labute approximate surface area is 174 Å². The number of phenols is 1. The summed E-state index contributed by atoms with van der Waals surface area (Å²) < 4.78 is 16.6. The Kier molecular flexibility index (Phi) is 6.57. The second-order valence-corrected chi connectivity index (χ2v) is 6.82. The molecular formula is C19H17BrN2O7. The number of hydroxylamine groups is 1. The fourth-order valence-electron chi connectivity index (χ4n) is 2.61. The predicted octanol–water partition coefficient (Wildman–Crippen LogP) is 3.62. The highest BCUT2D eigenvalue weighted by atomic mass is 79.9. The van der Waals surface area contributed by atoms with Gasteiger partial charge in [-0.2, -0.15) is 0 Å². The molecule has 29 heavy (non-hydrogen) atoms. The topological polar surface area (TPSA) is 126 Å². The maximum Gasteiger partial charge on any atom is 0.412 e. The van der Waals surface area contributed by atoms with Gasteiger partial charge in [0.1, 0.15) is 11.9 Å². The Morgan fingerprint density at radius 1 is 1.21 bits per heavy atom. The Morgan fingerprint density at radius 2 is 2.00 bits per heavy atom. The number of aromatic hydroxyl groups is 1. The molecule has 0 saturated heterocycles. The van der Waals surface area contributed by atoms with E-state index in [0.717, 1.165) is 6.08 Å². The van der Waals surface area contributed by atoms with Crippen LogP contribution in [0.3, 0.4) is 0 Å². The van der Waals surface area contributed by atoms with Crippen LogP contribution in [0.25, 0.3) is 0 Å². The van der Waals surface area contributed by atoms with Crippen molar-refractivity contribution in [1.82, 2.24) is 5.48 Å². The van der Waals surface area contributed by atoms with Crippen molar-refractivity contribution in [1.29, 1.82) is 0 Å². The number of nitrogens with one attached hydrogen (secondary N) is 2. The fourth-order valence-corrected chi connectivity index (χ4v) is 2.99. The number of anilines is 1. The molecular weight excluding hydrogens is 448 g/mol. The summed E-state index contributed by atoms with van der Waals surface area (Å²) in [5.74, 6) is 0.274. The lowest BCUT2D eigenvalue weighted by atomic mass is 10.0. The molecule has 2 amide bonds. The van der Waals surface area contributed by atoms with Gasteiger partial charge in [0.2, 0.25) is 6.79 Å². The third-order valence-corrected chi connectivity index (χ3v) is 4.43. The average molecular weight is 465 g/mol. The summed E-state index contributed by atoms with van der Waals surface area (Å²) >= 11 is 3.31. The van der Waals surface area contributed by atoms with Gasteiger partial charge in [0.25, 0.3) is 5.91 Å². The summed E-state index contributed by atoms with van der Waals surface area (Å²) in [6, 6.07) is 9.58. The molecule has 4 N–H and O–H groups in total. The van der Waals surface area contributed by atoms with E-state index in [1.807, 2.05) is 0 Å². The van der Waals surface area contributed by atoms with E-state index in [1.54, 1.807) is 30.3 Å². The molecule has 1 aliphatic heterocycles. The van der Waals surface area contributed by atoms with Crippen LogP contribution in [0.1, 0.15) is 18.1 Å². The summed E-state index contributed by atoms with van der Waals surface area (Å²) in [5, 5.41) is 21.3. The van der Waals surface area contributed by atoms with Gasteiger partial charge in [-0.05, 0) is 30.3 Å². The van der Waals surface area contributed by atoms with Crippen LogP contribution < -0.4 is 20.3 Å². The Morgan fingerprint density at radius 3 is 2.79 bits per heavy atom. The first-order valence-electron chi connectivity index (χ1n) is 8.42. The Hall–Kier alpha value is -3.24. The van der Waals surface area contributed by atoms with Gasteiger partial charge in [-0.1, -0.05) is 22.0 Å². The van der Waals surface area contributed by atoms with Crippen LogP contribution in [0.4, 0.5) is 10.5 Å². The summed E-state index contributed by atoms with van der Waals surface area (Å²) in [4.78, 5) is 23.6. The highest BCUT2D eigenvalue weighted by Gasteiger charge is 2.21. The molecule has 152 valence electrons. The molecule has 0 radical (unpaired) electrons. The molecule has 1 heterocycles. The Bertz CT molecular complexity index is 948. The van der Waals surface area contributed by atoms with E-state index in [0.29, 0.717) is 27.2 Å². The molecule has 1 aliphatic rings. The number of halogens is 1. The Balaban J connectivity index is 1.74. The first-order valence-corrected chi connectivity index (χ1v) is 9.22. The molecule has 10 heteroatoms. The van der Waals surface area contributed by atoms with E-state index in [1.165, 1.54) is 17.6 Å². The lowest BCUT2D eigenvalue weighted by Crippen LogP contribution is -2.18. The van der Waals surface area contributed by atoms with Crippen LogP contribution in [0, 0.1) is 0 Å². The maximum absolute atomic E-state index is 12.4. The van der Waals surface area contributed by atoms with Gasteiger partial charge in [-0.15, -0.1) is 0 Å². The number of rotatable bonds is 6. The second kappa shape index (κ2) is 9.30. The number of fused-ring (bicyclic) bond motifs is 1. The van der Waals surface area contributed by atoms with Gasteiger partial charge in [-0.3, -0.25) is 15.3 Å². The minimum atomic E-state index is -0.899. The highest BCUT2D eigenvalue weighted by Crippen LogP contribution is 2.35. The van der Waals surface area contributed by atoms with Crippen LogP contribution in [0.2, 0.25) is 0 Å². The van der Waals surface area contributed by atoms with Gasteiger partial charge in [0.15, 0.2) is 11.5 Å². The lowest BCUT2D eigenvalue weighted by Gasteiger charge is -2.19. The zero-order chi connectivity index (χ0) is 20.8. The van der Waals surface area contributed by atoms with Crippen molar-refractivity contribution in [3.63, 3.8) is 0 Å². The number of carbonyl (C=O) groups is 2. The van der Waals surface area contributed by atoms with E-state index in [2.05, 4.69) is 21.2 Å². The van der Waals surface area contributed by atoms with Crippen LogP contribution in [0.5, 0.6) is 17.2 Å². The van der Waals surface area contributed by atoms with E-state index < -0.39 is 18.1 Å². The first kappa shape index (κ1) is 20.5. The molecule has 0 aliphatic carbocycles. The summed E-state index contributed by atoms with van der Waals surface area (Å²) in [6.45, 7) is 0.112. The minimum absolute atomic E-state index is 0.0749. The van der Waals surface area contributed by atoms with Crippen LogP contribution >= 0.6 is 15.9 Å². The van der Waals surface area contributed by atoms with E-state index in [4.69, 9.17) is 19.4 Å². The molecule has 0 fully saturated rings. The van der Waals surface area contributed by atoms with Gasteiger partial charge in [-0.25, -0.2) is 10.3 Å². The third kappa shape index (κ3) is 5.39. The number of phenolic OH excluding ortho intramolecular Hbond substituents is 1. The summed E-state index contributed by atoms with van der Waals surface area (Å²) in [7, 11) is 0. The first-order chi connectivity index (χ1) is 14.0. The lowest BCUT2D eigenvalue weighted by molar-refractivity contribution is -0.124. The molecule has 1 atom stereocenters. The largest absolute Gasteiger partial charge is 0.508 e. The number of benzene rings is 2. The zero-order valence-corrected chi connectivity index (χ0v) is 16.5. The van der Waals surface area contributed by atoms with Crippen molar-refractivity contribution in [2.75, 3.05) is 12.1 Å². The fraction of sp³-hybridized carbons (Fsp3) is 0.158. The van der Waals surface area contributed by atoms with Crippen molar-refractivity contribution in [3.05, 3.63) is 58.6 Å². The third-order valence-electron chi connectivity index (χ3n) is 3.93. The van der Waals surface area contributed by atoms with Gasteiger partial charge >= 0.3 is 6.09 Å². The van der Waals surface area contributed by atoms with Crippen molar-refractivity contribution in [3.8, 4) is 17.2 Å². The van der Waals surface area contributed by atoms with Crippen LogP contribution in [-0.4, -0.2) is 29.1 Å². The van der Waals surface area contributed by atoms with Gasteiger partial charge < -0.3 is 19.3 Å². The smallest absolute Gasteiger partial charge is 0.412 e. The van der Waals surface area contributed by atoms with E-state index >= 15 is 0 Å². The molecule has 0 unspecified atom stereocenters. The highest BCUT2D eigenvalue weighted by molar-refractivity contribution is 9.10. The molecule has 0 bridgehead atoms. The molecule has 0 aromatic heterocycles. The average Bonchev–Trinajstić information content (AvgIpc) is 3.16. The number of ether oxygens (including phenoxy) is 3. The number of amides is 2. The minimum Gasteiger partial charge on any atom is -0.508 e. The molecule has 0 saturated carbocycles. The normalized spacial score (nSPS) is 13.2. The predicted molar refractivity (Wildman–Crippen MR) is 105 cm³/mol. The number of hydrogen-bond donors (Lipinski definition) is 4. The van der Waals surface area contributed by atoms with Crippen LogP contribution in [-0.2, 0) is 9.53 Å². The van der Waals surface area contributed by atoms with Gasteiger partial charge in [0.05, 0.1) is 0 Å². The summed E-state index contributed by atoms with van der Waals surface area (Å²) in [6.07, 6.45) is 0.898. The zero-order valence-electron chi connectivity index (χ0n) is 14.9. The quantitative estimate of drug-likeness (QED) is 0.292. The number of carbonyl (C=O) groups excluding carboxylic acids is 2. The van der Waals surface area contributed by atoms with E-state index in [-0.39, 0.29) is 19.0 Å². The number of hydrogen-bond acceptors (Lipinski definition) is 7. The van der Waals surface area contributed by atoms with E-state index in [9.17, 15) is 14.7 Å². The summed E-state index contributed by atoms with van der Waals surface area (Å²) in [5.41, 5.74) is 2.25. The van der Waals surface area contributed by atoms with Gasteiger partial charge in [0, 0.05) is 34.3 Å². The van der Waals surface area contributed by atoms with Crippen molar-refractivity contribution in [2.24, 2.45) is 0 Å². The van der Waals surface area contributed by atoms with Crippen LogP contribution in [0.15, 0.2) is 53.0 Å². The van der Waals surface area contributed by atoms with Crippen molar-refractivity contribution < 1.29 is 34.1 Å².